The van der Waals surface area contributed by atoms with Crippen LogP contribution in [0.3, 0.4) is 0 Å². The molecule has 1 unspecified atom stereocenters. The molecule has 1 saturated heterocycles. The maximum Gasteiger partial charge on any atom is 0.235 e. The average molecular weight is 153 g/mol. The minimum Gasteiger partial charge on any atom is -0.285 e. The second-order valence-electron chi connectivity index (χ2n) is 3.75. The maximum absolute atomic E-state index is 11.4. The van der Waals surface area contributed by atoms with Crippen molar-refractivity contribution in [2.45, 2.75) is 13.8 Å². The van der Waals surface area contributed by atoms with Gasteiger partial charge in [0, 0.05) is 7.05 Å². The third-order valence-corrected chi connectivity index (χ3v) is 3.34. The van der Waals surface area contributed by atoms with E-state index >= 15 is 0 Å². The zero-order valence-electron chi connectivity index (χ0n) is 6.92. The second kappa shape index (κ2) is 1.49. The van der Waals surface area contributed by atoms with Crippen LogP contribution in [0, 0.1) is 17.3 Å². The van der Waals surface area contributed by atoms with E-state index in [2.05, 4.69) is 0 Å². The third kappa shape index (κ3) is 0.481. The Morgan fingerprint density at radius 3 is 2.27 bits per heavy atom. The Morgan fingerprint density at radius 1 is 1.45 bits per heavy atom. The standard InChI is InChI=1S/C8H11NO2/c1-4-5-6(10)9(3)7(11)8(4,5)2/h4-5H,1-3H3/t4?,5-,8-/m1/s1. The molecule has 2 fully saturated rings. The number of carbonyl (C=O) groups excluding carboxylic acids is 2. The van der Waals surface area contributed by atoms with Crippen molar-refractivity contribution in [3.63, 3.8) is 0 Å². The monoisotopic (exact) mass is 153 g/mol. The SMILES string of the molecule is CC1[C@@H]2C(=O)N(C)C(=O)[C@]12C. The number of fused-ring (bicyclic) bond motifs is 1. The van der Waals surface area contributed by atoms with Crippen LogP contribution < -0.4 is 0 Å². The molecular weight excluding hydrogens is 142 g/mol. The summed E-state index contributed by atoms with van der Waals surface area (Å²) in [5, 5.41) is 0. The lowest BCUT2D eigenvalue weighted by Crippen LogP contribution is -2.32. The van der Waals surface area contributed by atoms with Crippen molar-refractivity contribution in [2.75, 3.05) is 7.05 Å². The summed E-state index contributed by atoms with van der Waals surface area (Å²) in [7, 11) is 1.56. The van der Waals surface area contributed by atoms with Crippen molar-refractivity contribution in [2.24, 2.45) is 17.3 Å². The van der Waals surface area contributed by atoms with Crippen LogP contribution in [0.25, 0.3) is 0 Å². The van der Waals surface area contributed by atoms with Gasteiger partial charge in [0.05, 0.1) is 11.3 Å². The van der Waals surface area contributed by atoms with E-state index in [4.69, 9.17) is 0 Å². The van der Waals surface area contributed by atoms with Crippen LogP contribution in [-0.4, -0.2) is 23.8 Å². The van der Waals surface area contributed by atoms with Crippen LogP contribution in [0.4, 0.5) is 0 Å². The number of piperidine rings is 1. The fourth-order valence-electron chi connectivity index (χ4n) is 2.20. The van der Waals surface area contributed by atoms with E-state index in [0.717, 1.165) is 0 Å². The Hall–Kier alpha value is -0.860. The molecule has 1 heterocycles. The fraction of sp³-hybridized carbons (Fsp3) is 0.750. The van der Waals surface area contributed by atoms with Gasteiger partial charge in [-0.1, -0.05) is 6.92 Å². The van der Waals surface area contributed by atoms with Gasteiger partial charge in [0.1, 0.15) is 0 Å². The molecule has 0 N–H and O–H groups in total. The minimum atomic E-state index is -0.341. The van der Waals surface area contributed by atoms with Gasteiger partial charge in [-0.05, 0) is 12.8 Å². The molecule has 1 aliphatic heterocycles. The van der Waals surface area contributed by atoms with Gasteiger partial charge < -0.3 is 0 Å². The van der Waals surface area contributed by atoms with Crippen LogP contribution in [0.15, 0.2) is 0 Å². The van der Waals surface area contributed by atoms with Gasteiger partial charge in [-0.2, -0.15) is 0 Å². The molecule has 1 aliphatic carbocycles. The van der Waals surface area contributed by atoms with E-state index in [1.807, 2.05) is 13.8 Å². The molecule has 0 spiro atoms. The molecule has 3 nitrogen and oxygen atoms in total. The van der Waals surface area contributed by atoms with Gasteiger partial charge in [0.15, 0.2) is 0 Å². The molecule has 3 atom stereocenters. The lowest BCUT2D eigenvalue weighted by molar-refractivity contribution is -0.141. The van der Waals surface area contributed by atoms with Crippen LogP contribution in [0.5, 0.6) is 0 Å². The van der Waals surface area contributed by atoms with Crippen molar-refractivity contribution in [1.82, 2.24) is 4.90 Å². The van der Waals surface area contributed by atoms with Gasteiger partial charge in [-0.15, -0.1) is 0 Å². The van der Waals surface area contributed by atoms with Crippen molar-refractivity contribution >= 4 is 11.8 Å². The molecule has 0 aromatic rings. The predicted octanol–water partition coefficient (Wildman–Crippen LogP) is 0.257. The Labute approximate surface area is 65.4 Å². The zero-order chi connectivity index (χ0) is 8.39. The highest BCUT2D eigenvalue weighted by atomic mass is 16.2. The number of imide groups is 1. The van der Waals surface area contributed by atoms with Crippen molar-refractivity contribution in [3.8, 4) is 0 Å². The summed E-state index contributed by atoms with van der Waals surface area (Å²) < 4.78 is 0. The number of hydrogen-bond donors (Lipinski definition) is 0. The van der Waals surface area contributed by atoms with Crippen LogP contribution in [0.1, 0.15) is 13.8 Å². The van der Waals surface area contributed by atoms with Gasteiger partial charge in [-0.3, -0.25) is 14.5 Å². The molecule has 11 heavy (non-hydrogen) atoms. The minimum absolute atomic E-state index is 0.000000000000000222. The zero-order valence-corrected chi connectivity index (χ0v) is 6.92. The van der Waals surface area contributed by atoms with Crippen LogP contribution in [0.2, 0.25) is 0 Å². The third-order valence-electron chi connectivity index (χ3n) is 3.34. The summed E-state index contributed by atoms with van der Waals surface area (Å²) >= 11 is 0. The fourth-order valence-corrected chi connectivity index (χ4v) is 2.20. The molecule has 0 bridgehead atoms. The highest BCUT2D eigenvalue weighted by Crippen LogP contribution is 2.63. The van der Waals surface area contributed by atoms with E-state index < -0.39 is 0 Å². The van der Waals surface area contributed by atoms with Gasteiger partial charge in [0.2, 0.25) is 11.8 Å². The lowest BCUT2D eigenvalue weighted by Gasteiger charge is -2.12. The molecule has 60 valence electrons. The smallest absolute Gasteiger partial charge is 0.235 e. The van der Waals surface area contributed by atoms with E-state index in [9.17, 15) is 9.59 Å². The molecule has 2 amide bonds. The summed E-state index contributed by atoms with van der Waals surface area (Å²) in [4.78, 5) is 23.9. The summed E-state index contributed by atoms with van der Waals surface area (Å²) in [6, 6.07) is 0. The molecule has 0 radical (unpaired) electrons. The first-order valence-corrected chi connectivity index (χ1v) is 3.83. The highest BCUT2D eigenvalue weighted by Gasteiger charge is 2.73. The maximum atomic E-state index is 11.4. The molecule has 2 aliphatic rings. The highest BCUT2D eigenvalue weighted by molar-refractivity contribution is 6.11. The number of hydrogen-bond acceptors (Lipinski definition) is 2. The predicted molar refractivity (Wildman–Crippen MR) is 38.5 cm³/mol. The molecule has 2 rings (SSSR count). The van der Waals surface area contributed by atoms with E-state index in [-0.39, 0.29) is 29.1 Å². The number of nitrogens with zero attached hydrogens (tertiary/aromatic N) is 1. The molecule has 3 heteroatoms. The Bertz CT molecular complexity index is 261. The molecular formula is C8H11NO2. The first-order valence-electron chi connectivity index (χ1n) is 3.83. The number of rotatable bonds is 0. The van der Waals surface area contributed by atoms with Gasteiger partial charge in [-0.25, -0.2) is 0 Å². The number of likely N-dealkylation sites (tertiary alicyclic amines) is 1. The van der Waals surface area contributed by atoms with Crippen LogP contribution in [-0.2, 0) is 9.59 Å². The molecule has 1 saturated carbocycles. The molecule has 0 aromatic carbocycles. The van der Waals surface area contributed by atoms with E-state index in [1.54, 1.807) is 7.05 Å². The Morgan fingerprint density at radius 2 is 2.00 bits per heavy atom. The summed E-state index contributed by atoms with van der Waals surface area (Å²) in [5.41, 5.74) is -0.341. The Kier molecular flexibility index (Phi) is 0.926. The van der Waals surface area contributed by atoms with Crippen LogP contribution >= 0.6 is 0 Å². The second-order valence-corrected chi connectivity index (χ2v) is 3.75. The summed E-state index contributed by atoms with van der Waals surface area (Å²) in [6.07, 6.45) is 0. The number of carbonyl (C=O) groups is 2. The van der Waals surface area contributed by atoms with Crippen molar-refractivity contribution < 1.29 is 9.59 Å². The topological polar surface area (TPSA) is 37.4 Å². The van der Waals surface area contributed by atoms with Gasteiger partial charge >= 0.3 is 0 Å². The van der Waals surface area contributed by atoms with Crippen molar-refractivity contribution in [1.29, 1.82) is 0 Å². The summed E-state index contributed by atoms with van der Waals surface area (Å²) in [5.74, 6) is 0.253. The average Bonchev–Trinajstić information content (AvgIpc) is 2.46. The normalized spacial score (nSPS) is 48.1. The summed E-state index contributed by atoms with van der Waals surface area (Å²) in [6.45, 7) is 3.85. The largest absolute Gasteiger partial charge is 0.285 e. The quantitative estimate of drug-likeness (QED) is 0.468. The Balaban J connectivity index is 2.41. The van der Waals surface area contributed by atoms with Gasteiger partial charge in [0.25, 0.3) is 0 Å². The van der Waals surface area contributed by atoms with E-state index in [0.29, 0.717) is 0 Å². The lowest BCUT2D eigenvalue weighted by atomic mass is 10.1. The molecule has 0 aromatic heterocycles. The number of amides is 2. The van der Waals surface area contributed by atoms with E-state index in [1.165, 1.54) is 4.90 Å². The van der Waals surface area contributed by atoms with Crippen molar-refractivity contribution in [3.05, 3.63) is 0 Å². The first-order chi connectivity index (χ1) is 5.01. The first kappa shape index (κ1) is 6.83.